The van der Waals surface area contributed by atoms with Crippen molar-refractivity contribution in [1.82, 2.24) is 9.78 Å². The predicted molar refractivity (Wildman–Crippen MR) is 50.4 cm³/mol. The monoisotopic (exact) mass is 270 g/mol. The van der Waals surface area contributed by atoms with Crippen LogP contribution in [0.4, 0.5) is 26.3 Å². The summed E-state index contributed by atoms with van der Waals surface area (Å²) >= 11 is 0. The van der Waals surface area contributed by atoms with E-state index in [2.05, 4.69) is 5.10 Å². The van der Waals surface area contributed by atoms with E-state index >= 15 is 0 Å². The summed E-state index contributed by atoms with van der Waals surface area (Å²) in [7, 11) is 0.817. The van der Waals surface area contributed by atoms with Crippen molar-refractivity contribution in [2.75, 3.05) is 0 Å². The fourth-order valence-corrected chi connectivity index (χ4v) is 1.58. The van der Waals surface area contributed by atoms with Gasteiger partial charge in [0.15, 0.2) is 5.69 Å². The molecular weight excluding hydrogens is 262 g/mol. The van der Waals surface area contributed by atoms with Crippen LogP contribution in [-0.4, -0.2) is 9.78 Å². The average molecular weight is 270 g/mol. The van der Waals surface area contributed by atoms with Crippen LogP contribution in [0.25, 0.3) is 0 Å². The maximum atomic E-state index is 12.7. The molecule has 0 aliphatic rings. The van der Waals surface area contributed by atoms with Crippen molar-refractivity contribution in [2.45, 2.75) is 25.2 Å². The molecule has 0 amide bonds. The third kappa shape index (κ3) is 2.78. The van der Waals surface area contributed by atoms with Crippen molar-refractivity contribution >= 4 is 0 Å². The van der Waals surface area contributed by atoms with Crippen LogP contribution in [-0.2, 0) is 25.8 Å². The average Bonchev–Trinajstić information content (AvgIpc) is 2.50. The number of rotatable bonds is 2. The highest BCUT2D eigenvalue weighted by molar-refractivity contribution is 5.31. The van der Waals surface area contributed by atoms with Gasteiger partial charge in [-0.3, -0.25) is 4.68 Å². The van der Waals surface area contributed by atoms with E-state index in [0.717, 1.165) is 7.05 Å². The van der Waals surface area contributed by atoms with Crippen molar-refractivity contribution < 1.29 is 26.3 Å². The summed E-state index contributed by atoms with van der Waals surface area (Å²) in [5, 5.41) is 2.90. The Morgan fingerprint density at radius 1 is 1.17 bits per heavy atom. The summed E-state index contributed by atoms with van der Waals surface area (Å²) in [6.45, 7) is 0. The SMILES string of the molecule is C#CCCc1c(C(F)(F)F)nn(C)c1C(F)(F)F. The first-order chi connectivity index (χ1) is 8.09. The molecule has 18 heavy (non-hydrogen) atoms. The zero-order valence-corrected chi connectivity index (χ0v) is 9.15. The number of halogens is 6. The lowest BCUT2D eigenvalue weighted by molar-refractivity contribution is -0.145. The van der Waals surface area contributed by atoms with Crippen LogP contribution < -0.4 is 0 Å². The first-order valence-electron chi connectivity index (χ1n) is 4.72. The highest BCUT2D eigenvalue weighted by atomic mass is 19.4. The number of aromatic nitrogens is 2. The molecule has 0 saturated carbocycles. The van der Waals surface area contributed by atoms with E-state index in [1.165, 1.54) is 0 Å². The van der Waals surface area contributed by atoms with Crippen LogP contribution in [0.3, 0.4) is 0 Å². The first kappa shape index (κ1) is 14.4. The number of alkyl halides is 6. The molecule has 0 aliphatic carbocycles. The third-order valence-corrected chi connectivity index (χ3v) is 2.20. The Balaban J connectivity index is 3.43. The molecule has 0 bridgehead atoms. The normalized spacial score (nSPS) is 12.6. The standard InChI is InChI=1S/C10H8F6N2/c1-3-4-5-6-7(9(11,12)13)17-18(2)8(6)10(14,15)16/h1H,4-5H2,2H3. The summed E-state index contributed by atoms with van der Waals surface area (Å²) in [5.74, 6) is 2.01. The molecule has 1 aromatic heterocycles. The van der Waals surface area contributed by atoms with Crippen LogP contribution in [0.15, 0.2) is 0 Å². The van der Waals surface area contributed by atoms with Gasteiger partial charge in [0.1, 0.15) is 5.69 Å². The molecule has 0 aromatic carbocycles. The van der Waals surface area contributed by atoms with Gasteiger partial charge >= 0.3 is 12.4 Å². The number of hydrogen-bond acceptors (Lipinski definition) is 1. The lowest BCUT2D eigenvalue weighted by atomic mass is 10.1. The van der Waals surface area contributed by atoms with Gasteiger partial charge in [-0.05, 0) is 6.42 Å². The van der Waals surface area contributed by atoms with Crippen molar-refractivity contribution in [3.05, 3.63) is 17.0 Å². The maximum absolute atomic E-state index is 12.7. The molecule has 0 unspecified atom stereocenters. The number of terminal acetylenes is 1. The van der Waals surface area contributed by atoms with Crippen molar-refractivity contribution in [2.24, 2.45) is 7.05 Å². The van der Waals surface area contributed by atoms with E-state index in [4.69, 9.17) is 6.42 Å². The zero-order chi connectivity index (χ0) is 14.1. The number of nitrogens with zero attached hydrogens (tertiary/aromatic N) is 2. The van der Waals surface area contributed by atoms with Gasteiger partial charge in [-0.25, -0.2) is 0 Å². The summed E-state index contributed by atoms with van der Waals surface area (Å²) in [6.07, 6.45) is -5.73. The van der Waals surface area contributed by atoms with E-state index in [1.807, 2.05) is 5.92 Å². The van der Waals surface area contributed by atoms with Gasteiger partial charge < -0.3 is 0 Å². The Labute approximate surface area is 98.6 Å². The smallest absolute Gasteiger partial charge is 0.263 e. The van der Waals surface area contributed by atoms with Crippen LogP contribution in [0.5, 0.6) is 0 Å². The largest absolute Gasteiger partial charge is 0.435 e. The maximum Gasteiger partial charge on any atom is 0.435 e. The van der Waals surface area contributed by atoms with Gasteiger partial charge in [-0.2, -0.15) is 31.4 Å². The second-order valence-corrected chi connectivity index (χ2v) is 3.50. The summed E-state index contributed by atoms with van der Waals surface area (Å²) in [5.41, 5.74) is -3.85. The minimum Gasteiger partial charge on any atom is -0.263 e. The molecule has 0 aliphatic heterocycles. The van der Waals surface area contributed by atoms with E-state index in [1.54, 1.807) is 0 Å². The minimum absolute atomic E-state index is 0.189. The second-order valence-electron chi connectivity index (χ2n) is 3.50. The molecular formula is C10H8F6N2. The van der Waals surface area contributed by atoms with Gasteiger partial charge in [-0.15, -0.1) is 12.3 Å². The molecule has 8 heteroatoms. The fourth-order valence-electron chi connectivity index (χ4n) is 1.58. The zero-order valence-electron chi connectivity index (χ0n) is 9.15. The minimum atomic E-state index is -4.94. The fraction of sp³-hybridized carbons (Fsp3) is 0.500. The summed E-state index contributed by atoms with van der Waals surface area (Å²) < 4.78 is 75.9. The Morgan fingerprint density at radius 3 is 2.11 bits per heavy atom. The lowest BCUT2D eigenvalue weighted by Gasteiger charge is -2.10. The van der Waals surface area contributed by atoms with Gasteiger partial charge in [0.25, 0.3) is 0 Å². The molecule has 100 valence electrons. The second kappa shape index (κ2) is 4.55. The third-order valence-electron chi connectivity index (χ3n) is 2.20. The number of hydrogen-bond donors (Lipinski definition) is 0. The van der Waals surface area contributed by atoms with Crippen LogP contribution in [0.1, 0.15) is 23.4 Å². The molecule has 1 heterocycles. The van der Waals surface area contributed by atoms with Crippen molar-refractivity contribution in [3.8, 4) is 12.3 Å². The molecule has 0 radical (unpaired) electrons. The van der Waals surface area contributed by atoms with Crippen LogP contribution >= 0.6 is 0 Å². The Morgan fingerprint density at radius 2 is 1.72 bits per heavy atom. The molecule has 0 spiro atoms. The molecule has 0 N–H and O–H groups in total. The summed E-state index contributed by atoms with van der Waals surface area (Å²) in [6, 6.07) is 0. The highest BCUT2D eigenvalue weighted by Gasteiger charge is 2.45. The highest BCUT2D eigenvalue weighted by Crippen LogP contribution is 2.39. The molecule has 1 rings (SSSR count). The van der Waals surface area contributed by atoms with E-state index in [-0.39, 0.29) is 11.1 Å². The lowest BCUT2D eigenvalue weighted by Crippen LogP contribution is -2.14. The topological polar surface area (TPSA) is 17.8 Å². The van der Waals surface area contributed by atoms with E-state index in [0.29, 0.717) is 0 Å². The van der Waals surface area contributed by atoms with Crippen LogP contribution in [0, 0.1) is 12.3 Å². The predicted octanol–water partition coefficient (Wildman–Crippen LogP) is 3.02. The van der Waals surface area contributed by atoms with Gasteiger partial charge in [0, 0.05) is 19.0 Å². The van der Waals surface area contributed by atoms with Crippen LogP contribution in [0.2, 0.25) is 0 Å². The Kier molecular flexibility index (Phi) is 3.64. The van der Waals surface area contributed by atoms with Crippen molar-refractivity contribution in [1.29, 1.82) is 0 Å². The summed E-state index contributed by atoms with van der Waals surface area (Å²) in [4.78, 5) is 0. The molecule has 0 fully saturated rings. The number of aryl methyl sites for hydroxylation is 1. The quantitative estimate of drug-likeness (QED) is 0.596. The Hall–Kier alpha value is -1.65. The molecule has 1 aromatic rings. The first-order valence-corrected chi connectivity index (χ1v) is 4.72. The van der Waals surface area contributed by atoms with Gasteiger partial charge in [-0.1, -0.05) is 0 Å². The molecule has 2 nitrogen and oxygen atoms in total. The Bertz CT molecular complexity index is 474. The van der Waals surface area contributed by atoms with E-state index in [9.17, 15) is 26.3 Å². The molecule has 0 saturated heterocycles. The van der Waals surface area contributed by atoms with E-state index < -0.39 is 35.7 Å². The van der Waals surface area contributed by atoms with Crippen molar-refractivity contribution in [3.63, 3.8) is 0 Å². The van der Waals surface area contributed by atoms with Gasteiger partial charge in [0.2, 0.25) is 0 Å². The molecule has 0 atom stereocenters. The van der Waals surface area contributed by atoms with Gasteiger partial charge in [0.05, 0.1) is 0 Å².